The molecule has 7 nitrogen and oxygen atoms in total. The molecular weight excluding hydrogens is 503 g/mol. The zero-order valence-electron chi connectivity index (χ0n) is 19.5. The van der Waals surface area contributed by atoms with Crippen LogP contribution in [0.4, 0.5) is 0 Å². The maximum absolute atomic E-state index is 5.75. The van der Waals surface area contributed by atoms with Gasteiger partial charge in [0, 0.05) is 38.8 Å². The van der Waals surface area contributed by atoms with E-state index in [2.05, 4.69) is 30.4 Å². The van der Waals surface area contributed by atoms with Gasteiger partial charge in [-0.05, 0) is 65.0 Å². The Hall–Kier alpha value is -0.870. The number of nitrogens with one attached hydrogen (secondary N) is 2. The largest absolute Gasteiger partial charge is 0.444 e. The number of likely N-dealkylation sites (tertiary alicyclic amines) is 2. The number of aliphatic imine (C=N–C) groups is 1. The maximum Gasteiger partial charge on any atom is 0.208 e. The Labute approximate surface area is 204 Å². The molecule has 3 heterocycles. The van der Waals surface area contributed by atoms with Gasteiger partial charge < -0.3 is 15.1 Å². The molecule has 3 aliphatic rings. The summed E-state index contributed by atoms with van der Waals surface area (Å²) < 4.78 is 5.75. The Kier molecular flexibility index (Phi) is 9.46. The van der Waals surface area contributed by atoms with Gasteiger partial charge in [-0.15, -0.1) is 24.0 Å². The highest BCUT2D eigenvalue weighted by molar-refractivity contribution is 14.0. The highest BCUT2D eigenvalue weighted by Gasteiger charge is 2.30. The van der Waals surface area contributed by atoms with Crippen molar-refractivity contribution >= 4 is 29.9 Å². The summed E-state index contributed by atoms with van der Waals surface area (Å²) in [6.07, 6.45) is 9.27. The van der Waals surface area contributed by atoms with E-state index in [1.165, 1.54) is 58.0 Å². The number of halogens is 1. The zero-order chi connectivity index (χ0) is 20.9. The van der Waals surface area contributed by atoms with Crippen LogP contribution in [-0.2, 0) is 6.54 Å². The molecule has 3 fully saturated rings. The van der Waals surface area contributed by atoms with Gasteiger partial charge in [0.05, 0.1) is 12.2 Å². The zero-order valence-corrected chi connectivity index (χ0v) is 21.9. The van der Waals surface area contributed by atoms with Gasteiger partial charge in [0.15, 0.2) is 5.96 Å². The minimum atomic E-state index is 0. The van der Waals surface area contributed by atoms with Crippen molar-refractivity contribution < 1.29 is 4.42 Å². The quantitative estimate of drug-likeness (QED) is 0.326. The second-order valence-corrected chi connectivity index (χ2v) is 9.48. The highest BCUT2D eigenvalue weighted by Crippen LogP contribution is 2.26. The average Bonchev–Trinajstić information content (AvgIpc) is 3.49. The molecule has 2 saturated heterocycles. The number of aromatic nitrogens is 1. The van der Waals surface area contributed by atoms with Crippen LogP contribution in [0.5, 0.6) is 0 Å². The second-order valence-electron chi connectivity index (χ2n) is 9.48. The van der Waals surface area contributed by atoms with Crippen molar-refractivity contribution in [2.24, 2.45) is 10.9 Å². The summed E-state index contributed by atoms with van der Waals surface area (Å²) in [5.74, 6) is 3.47. The van der Waals surface area contributed by atoms with Crippen molar-refractivity contribution in [1.82, 2.24) is 25.4 Å². The third kappa shape index (κ3) is 6.81. The molecule has 1 atom stereocenters. The molecule has 1 unspecified atom stereocenters. The molecule has 1 saturated carbocycles. The first-order chi connectivity index (χ1) is 14.6. The molecular formula is C23H41IN6O. The van der Waals surface area contributed by atoms with Crippen LogP contribution in [0, 0.1) is 19.8 Å². The van der Waals surface area contributed by atoms with Crippen LogP contribution in [0.2, 0.25) is 0 Å². The van der Waals surface area contributed by atoms with Gasteiger partial charge in [-0.25, -0.2) is 4.98 Å². The van der Waals surface area contributed by atoms with Crippen LogP contribution < -0.4 is 10.6 Å². The van der Waals surface area contributed by atoms with Crippen molar-refractivity contribution in [3.05, 3.63) is 17.3 Å². The number of aryl methyl sites for hydroxylation is 2. The van der Waals surface area contributed by atoms with Gasteiger partial charge in [-0.3, -0.25) is 14.8 Å². The summed E-state index contributed by atoms with van der Waals surface area (Å²) in [4.78, 5) is 14.2. The van der Waals surface area contributed by atoms with Gasteiger partial charge in [0.25, 0.3) is 0 Å². The normalized spacial score (nSPS) is 24.5. The fourth-order valence-electron chi connectivity index (χ4n) is 5.28. The smallest absolute Gasteiger partial charge is 0.208 e. The number of hydrogen-bond acceptors (Lipinski definition) is 5. The molecule has 1 aromatic heterocycles. The third-order valence-electron chi connectivity index (χ3n) is 7.32. The highest BCUT2D eigenvalue weighted by atomic mass is 127. The lowest BCUT2D eigenvalue weighted by Gasteiger charge is -2.31. The fraction of sp³-hybridized carbons (Fsp3) is 0.826. The number of piperidine rings is 1. The summed E-state index contributed by atoms with van der Waals surface area (Å²) in [5.41, 5.74) is 1.01. The number of guanidine groups is 1. The molecule has 1 aromatic rings. The summed E-state index contributed by atoms with van der Waals surface area (Å²) >= 11 is 0. The third-order valence-corrected chi connectivity index (χ3v) is 7.32. The van der Waals surface area contributed by atoms with Gasteiger partial charge in [-0.1, -0.05) is 12.8 Å². The minimum absolute atomic E-state index is 0. The summed E-state index contributed by atoms with van der Waals surface area (Å²) in [7, 11) is 1.89. The second kappa shape index (κ2) is 11.8. The van der Waals surface area contributed by atoms with E-state index in [0.29, 0.717) is 12.0 Å². The average molecular weight is 545 g/mol. The van der Waals surface area contributed by atoms with Crippen LogP contribution in [0.25, 0.3) is 0 Å². The molecule has 0 aromatic carbocycles. The maximum atomic E-state index is 5.75. The van der Waals surface area contributed by atoms with Crippen LogP contribution in [0.15, 0.2) is 9.41 Å². The van der Waals surface area contributed by atoms with Crippen molar-refractivity contribution in [2.75, 3.05) is 39.8 Å². The number of nitrogens with zero attached hydrogens (tertiary/aromatic N) is 4. The SMILES string of the molecule is CN=C(NCC1CCN(Cc2nc(C)c(C)o2)CC1)NC1CCN(C2CCCC2)C1.I. The van der Waals surface area contributed by atoms with Crippen molar-refractivity contribution in [3.63, 3.8) is 0 Å². The molecule has 0 spiro atoms. The van der Waals surface area contributed by atoms with Crippen molar-refractivity contribution in [1.29, 1.82) is 0 Å². The molecule has 0 amide bonds. The standard InChI is InChI=1S/C23H40N6O.HI/c1-17-18(2)30-22(26-17)16-28-11-8-19(9-12-28)14-25-23(24-3)27-20-10-13-29(15-20)21-6-4-5-7-21;/h19-21H,4-16H2,1-3H3,(H2,24,25,27);1H. The van der Waals surface area contributed by atoms with E-state index in [0.717, 1.165) is 55.5 Å². The number of oxazole rings is 1. The summed E-state index contributed by atoms with van der Waals surface area (Å²) in [6.45, 7) is 10.5. The monoisotopic (exact) mass is 544 g/mol. The van der Waals surface area contributed by atoms with Crippen molar-refractivity contribution in [3.8, 4) is 0 Å². The van der Waals surface area contributed by atoms with E-state index in [1.807, 2.05) is 20.9 Å². The first-order valence-electron chi connectivity index (χ1n) is 12.0. The predicted octanol–water partition coefficient (Wildman–Crippen LogP) is 3.30. The first-order valence-corrected chi connectivity index (χ1v) is 12.0. The minimum Gasteiger partial charge on any atom is -0.444 e. The van der Waals surface area contributed by atoms with E-state index >= 15 is 0 Å². The Morgan fingerprint density at radius 2 is 1.84 bits per heavy atom. The lowest BCUT2D eigenvalue weighted by molar-refractivity contribution is 0.164. The number of hydrogen-bond donors (Lipinski definition) is 2. The topological polar surface area (TPSA) is 68.9 Å². The Morgan fingerprint density at radius 3 is 2.48 bits per heavy atom. The van der Waals surface area contributed by atoms with E-state index < -0.39 is 0 Å². The fourth-order valence-corrected chi connectivity index (χ4v) is 5.28. The molecule has 0 bridgehead atoms. The molecule has 2 aliphatic heterocycles. The van der Waals surface area contributed by atoms with Crippen LogP contribution in [0.1, 0.15) is 62.3 Å². The van der Waals surface area contributed by atoms with E-state index in [-0.39, 0.29) is 24.0 Å². The van der Waals surface area contributed by atoms with E-state index in [9.17, 15) is 0 Å². The molecule has 0 radical (unpaired) electrons. The molecule has 31 heavy (non-hydrogen) atoms. The number of rotatable bonds is 6. The lowest BCUT2D eigenvalue weighted by Crippen LogP contribution is -2.47. The first kappa shape index (κ1) is 24.8. The lowest BCUT2D eigenvalue weighted by atomic mass is 9.97. The van der Waals surface area contributed by atoms with Crippen LogP contribution in [0.3, 0.4) is 0 Å². The predicted molar refractivity (Wildman–Crippen MR) is 136 cm³/mol. The van der Waals surface area contributed by atoms with Gasteiger partial charge in [-0.2, -0.15) is 0 Å². The Balaban J connectivity index is 0.00000272. The summed E-state index contributed by atoms with van der Waals surface area (Å²) in [6, 6.07) is 1.37. The van der Waals surface area contributed by atoms with Gasteiger partial charge in [0.2, 0.25) is 5.89 Å². The Morgan fingerprint density at radius 1 is 1.10 bits per heavy atom. The molecule has 2 N–H and O–H groups in total. The van der Waals surface area contributed by atoms with E-state index in [1.54, 1.807) is 0 Å². The molecule has 176 valence electrons. The van der Waals surface area contributed by atoms with E-state index in [4.69, 9.17) is 4.42 Å². The van der Waals surface area contributed by atoms with Gasteiger partial charge >= 0.3 is 0 Å². The molecule has 1 aliphatic carbocycles. The Bertz CT molecular complexity index is 689. The van der Waals surface area contributed by atoms with Crippen LogP contribution in [-0.4, -0.2) is 72.6 Å². The van der Waals surface area contributed by atoms with Gasteiger partial charge in [0.1, 0.15) is 5.76 Å². The van der Waals surface area contributed by atoms with Crippen LogP contribution >= 0.6 is 24.0 Å². The van der Waals surface area contributed by atoms with Crippen molar-refractivity contribution in [2.45, 2.75) is 77.4 Å². The summed E-state index contributed by atoms with van der Waals surface area (Å²) in [5, 5.41) is 7.27. The molecule has 4 rings (SSSR count). The molecule has 8 heteroatoms.